The summed E-state index contributed by atoms with van der Waals surface area (Å²) in [4.78, 5) is 26.8. The predicted octanol–water partition coefficient (Wildman–Crippen LogP) is 2.39. The third-order valence-corrected chi connectivity index (χ3v) is 8.10. The van der Waals surface area contributed by atoms with Crippen LogP contribution in [0.5, 0.6) is 0 Å². The maximum atomic E-state index is 13.1. The lowest BCUT2D eigenvalue weighted by atomic mass is 9.95. The van der Waals surface area contributed by atoms with E-state index in [1.165, 1.54) is 16.4 Å². The van der Waals surface area contributed by atoms with Gasteiger partial charge < -0.3 is 15.0 Å². The Labute approximate surface area is 192 Å². The van der Waals surface area contributed by atoms with Gasteiger partial charge in [-0.25, -0.2) is 8.42 Å². The molecule has 2 fully saturated rings. The molecular weight excluding hydrogens is 465 g/mol. The van der Waals surface area contributed by atoms with E-state index in [4.69, 9.17) is 27.9 Å². The van der Waals surface area contributed by atoms with Crippen LogP contribution in [0.4, 0.5) is 0 Å². The molecule has 0 atom stereocenters. The van der Waals surface area contributed by atoms with Gasteiger partial charge in [0, 0.05) is 38.1 Å². The number of halogens is 2. The molecule has 172 valence electrons. The first-order chi connectivity index (χ1) is 14.6. The maximum Gasteiger partial charge on any atom is 0.255 e. The summed E-state index contributed by atoms with van der Waals surface area (Å²) < 4.78 is 32.6. The average molecular weight is 492 g/mol. The number of likely N-dealkylation sites (tertiary alicyclic amines) is 1. The molecule has 11 heteroatoms. The summed E-state index contributed by atoms with van der Waals surface area (Å²) in [5.74, 6) is -0.530. The van der Waals surface area contributed by atoms with E-state index in [0.29, 0.717) is 39.1 Å². The smallest absolute Gasteiger partial charge is 0.255 e. The Kier molecular flexibility index (Phi) is 7.86. The molecule has 2 amide bonds. The molecule has 0 saturated carbocycles. The van der Waals surface area contributed by atoms with Gasteiger partial charge in [0.25, 0.3) is 5.91 Å². The van der Waals surface area contributed by atoms with E-state index in [1.807, 2.05) is 13.8 Å². The summed E-state index contributed by atoms with van der Waals surface area (Å²) in [7, 11) is -3.89. The van der Waals surface area contributed by atoms with Crippen molar-refractivity contribution >= 4 is 45.0 Å². The van der Waals surface area contributed by atoms with Crippen molar-refractivity contribution in [3.8, 4) is 0 Å². The predicted molar refractivity (Wildman–Crippen MR) is 118 cm³/mol. The molecule has 0 spiro atoms. The van der Waals surface area contributed by atoms with Crippen LogP contribution in [0.2, 0.25) is 10.0 Å². The van der Waals surface area contributed by atoms with E-state index >= 15 is 0 Å². The number of amides is 2. The zero-order valence-corrected chi connectivity index (χ0v) is 19.9. The third kappa shape index (κ3) is 5.51. The lowest BCUT2D eigenvalue weighted by molar-refractivity contribution is -0.126. The fourth-order valence-corrected chi connectivity index (χ4v) is 5.97. The van der Waals surface area contributed by atoms with Gasteiger partial charge in [0.05, 0.1) is 28.8 Å². The quantitative estimate of drug-likeness (QED) is 0.681. The minimum Gasteiger partial charge on any atom is -0.379 e. The van der Waals surface area contributed by atoms with Gasteiger partial charge in [-0.2, -0.15) is 4.31 Å². The molecule has 2 heterocycles. The van der Waals surface area contributed by atoms with Gasteiger partial charge in [0.2, 0.25) is 15.9 Å². The molecule has 1 aromatic rings. The lowest BCUT2D eigenvalue weighted by Gasteiger charge is -2.32. The number of rotatable bonds is 5. The number of carbonyl (C=O) groups is 2. The summed E-state index contributed by atoms with van der Waals surface area (Å²) >= 11 is 12.5. The molecule has 8 nitrogen and oxygen atoms in total. The Balaban J connectivity index is 1.78. The highest BCUT2D eigenvalue weighted by Crippen LogP contribution is 2.32. The fourth-order valence-electron chi connectivity index (χ4n) is 3.73. The standard InChI is InChI=1S/C20H27Cl2N3O5S/c1-13(2)23-19(26)14-3-5-24(6-4-14)20(27)15-11-18(17(22)12-16(15)21)31(28,29)25-7-9-30-10-8-25/h11-14H,3-10H2,1-2H3,(H,23,26). The van der Waals surface area contributed by atoms with Crippen molar-refractivity contribution in [2.24, 2.45) is 5.92 Å². The van der Waals surface area contributed by atoms with E-state index in [-0.39, 0.29) is 57.4 Å². The number of hydrogen-bond donors (Lipinski definition) is 1. The number of nitrogens with one attached hydrogen (secondary N) is 1. The SMILES string of the molecule is CC(C)NC(=O)C1CCN(C(=O)c2cc(S(=O)(=O)N3CCOCC3)c(Cl)cc2Cl)CC1. The first-order valence-electron chi connectivity index (χ1n) is 10.3. The molecule has 2 aliphatic rings. The molecule has 0 aromatic heterocycles. The molecule has 3 rings (SSSR count). The average Bonchev–Trinajstić information content (AvgIpc) is 2.73. The number of nitrogens with zero attached hydrogens (tertiary/aromatic N) is 2. The van der Waals surface area contributed by atoms with Gasteiger partial charge in [0.15, 0.2) is 0 Å². The van der Waals surface area contributed by atoms with Crippen LogP contribution in [0.1, 0.15) is 37.0 Å². The second-order valence-electron chi connectivity index (χ2n) is 8.01. The van der Waals surface area contributed by atoms with Crippen molar-refractivity contribution in [2.75, 3.05) is 39.4 Å². The van der Waals surface area contributed by atoms with Crippen LogP contribution in [0.15, 0.2) is 17.0 Å². The number of carbonyl (C=O) groups excluding carboxylic acids is 2. The largest absolute Gasteiger partial charge is 0.379 e. The van der Waals surface area contributed by atoms with Crippen LogP contribution < -0.4 is 5.32 Å². The summed E-state index contributed by atoms with van der Waals surface area (Å²) in [5.41, 5.74) is 0.0861. The molecule has 1 aromatic carbocycles. The molecule has 0 bridgehead atoms. The minimum atomic E-state index is -3.89. The van der Waals surface area contributed by atoms with E-state index < -0.39 is 10.0 Å². The Bertz CT molecular complexity index is 940. The maximum absolute atomic E-state index is 13.1. The Morgan fingerprint density at radius 1 is 1.06 bits per heavy atom. The van der Waals surface area contributed by atoms with Gasteiger partial charge in [-0.05, 0) is 38.8 Å². The molecule has 1 N–H and O–H groups in total. The van der Waals surface area contributed by atoms with E-state index in [1.54, 1.807) is 4.90 Å². The molecule has 0 unspecified atom stereocenters. The van der Waals surface area contributed by atoms with E-state index in [9.17, 15) is 18.0 Å². The first-order valence-corrected chi connectivity index (χ1v) is 12.5. The lowest BCUT2D eigenvalue weighted by Crippen LogP contribution is -2.44. The molecule has 0 radical (unpaired) electrons. The van der Waals surface area contributed by atoms with Crippen molar-refractivity contribution < 1.29 is 22.7 Å². The summed E-state index contributed by atoms with van der Waals surface area (Å²) in [6.45, 7) is 5.63. The van der Waals surface area contributed by atoms with Gasteiger partial charge in [-0.1, -0.05) is 23.2 Å². The number of benzene rings is 1. The fraction of sp³-hybridized carbons (Fsp3) is 0.600. The molecular formula is C20H27Cl2N3O5S. The summed E-state index contributed by atoms with van der Waals surface area (Å²) in [6, 6.07) is 2.62. The monoisotopic (exact) mass is 491 g/mol. The summed E-state index contributed by atoms with van der Waals surface area (Å²) in [5, 5.41) is 2.96. The van der Waals surface area contributed by atoms with E-state index in [0.717, 1.165) is 0 Å². The highest BCUT2D eigenvalue weighted by Gasteiger charge is 2.32. The van der Waals surface area contributed by atoms with Crippen molar-refractivity contribution in [2.45, 2.75) is 37.6 Å². The first kappa shape index (κ1) is 24.3. The minimum absolute atomic E-state index is 0.00878. The van der Waals surface area contributed by atoms with Crippen LogP contribution in [0.3, 0.4) is 0 Å². The highest BCUT2D eigenvalue weighted by atomic mass is 35.5. The van der Waals surface area contributed by atoms with Crippen LogP contribution in [-0.4, -0.2) is 74.9 Å². The molecule has 31 heavy (non-hydrogen) atoms. The third-order valence-electron chi connectivity index (χ3n) is 5.42. The second-order valence-corrected chi connectivity index (χ2v) is 10.7. The second kappa shape index (κ2) is 10.0. The Morgan fingerprint density at radius 2 is 1.68 bits per heavy atom. The number of sulfonamides is 1. The normalized spacial score (nSPS) is 18.9. The zero-order valence-electron chi connectivity index (χ0n) is 17.6. The summed E-state index contributed by atoms with van der Waals surface area (Å²) in [6.07, 6.45) is 1.07. The Morgan fingerprint density at radius 3 is 2.26 bits per heavy atom. The van der Waals surface area contributed by atoms with Crippen molar-refractivity contribution in [1.29, 1.82) is 0 Å². The van der Waals surface area contributed by atoms with Crippen LogP contribution in [0.25, 0.3) is 0 Å². The molecule has 2 aliphatic heterocycles. The topological polar surface area (TPSA) is 96.0 Å². The molecule has 2 saturated heterocycles. The zero-order chi connectivity index (χ0) is 22.8. The number of piperidine rings is 1. The number of morpholine rings is 1. The number of hydrogen-bond acceptors (Lipinski definition) is 5. The molecule has 0 aliphatic carbocycles. The highest BCUT2D eigenvalue weighted by molar-refractivity contribution is 7.89. The van der Waals surface area contributed by atoms with Gasteiger partial charge in [-0.15, -0.1) is 0 Å². The van der Waals surface area contributed by atoms with Crippen LogP contribution >= 0.6 is 23.2 Å². The van der Waals surface area contributed by atoms with Crippen molar-refractivity contribution in [3.63, 3.8) is 0 Å². The van der Waals surface area contributed by atoms with Crippen molar-refractivity contribution in [1.82, 2.24) is 14.5 Å². The number of ether oxygens (including phenoxy) is 1. The van der Waals surface area contributed by atoms with E-state index in [2.05, 4.69) is 5.32 Å². The van der Waals surface area contributed by atoms with Crippen molar-refractivity contribution in [3.05, 3.63) is 27.7 Å². The van der Waals surface area contributed by atoms with Crippen LogP contribution in [-0.2, 0) is 19.6 Å². The van der Waals surface area contributed by atoms with Gasteiger partial charge >= 0.3 is 0 Å². The van der Waals surface area contributed by atoms with Gasteiger partial charge in [-0.3, -0.25) is 9.59 Å². The van der Waals surface area contributed by atoms with Gasteiger partial charge in [0.1, 0.15) is 4.90 Å². The Hall–Kier alpha value is -1.39. The van der Waals surface area contributed by atoms with Crippen LogP contribution in [0, 0.1) is 5.92 Å².